The van der Waals surface area contributed by atoms with Gasteiger partial charge in [0.1, 0.15) is 18.1 Å². The monoisotopic (exact) mass is 251 g/mol. The Bertz CT molecular complexity index is 395. The summed E-state index contributed by atoms with van der Waals surface area (Å²) in [5.41, 5.74) is 0.792. The number of carbonyl (C=O) groups is 1. The van der Waals surface area contributed by atoms with Crippen molar-refractivity contribution in [1.82, 2.24) is 5.32 Å². The van der Waals surface area contributed by atoms with Crippen molar-refractivity contribution < 1.29 is 19.0 Å². The van der Waals surface area contributed by atoms with Crippen molar-refractivity contribution in [2.75, 3.05) is 20.8 Å². The van der Waals surface area contributed by atoms with Gasteiger partial charge in [-0.25, -0.2) is 4.79 Å². The molecule has 0 fully saturated rings. The predicted octanol–water partition coefficient (Wildman–Crippen LogP) is 2.12. The zero-order chi connectivity index (χ0) is 13.4. The maximum absolute atomic E-state index is 11.2. The van der Waals surface area contributed by atoms with Gasteiger partial charge in [0.2, 0.25) is 0 Å². The van der Waals surface area contributed by atoms with E-state index < -0.39 is 6.09 Å². The second-order valence-corrected chi connectivity index (χ2v) is 3.47. The molecule has 0 unspecified atom stereocenters. The third kappa shape index (κ3) is 4.37. The van der Waals surface area contributed by atoms with Gasteiger partial charge < -0.3 is 19.5 Å². The molecule has 0 saturated heterocycles. The summed E-state index contributed by atoms with van der Waals surface area (Å²) in [6.45, 7) is 4.02. The molecule has 1 amide bonds. The Morgan fingerprint density at radius 2 is 1.89 bits per heavy atom. The first-order valence-corrected chi connectivity index (χ1v) is 5.43. The van der Waals surface area contributed by atoms with Gasteiger partial charge in [-0.15, -0.1) is 6.58 Å². The smallest absolute Gasteiger partial charge is 0.407 e. The van der Waals surface area contributed by atoms with E-state index in [4.69, 9.17) is 14.2 Å². The van der Waals surface area contributed by atoms with Crippen LogP contribution in [0.5, 0.6) is 11.5 Å². The Labute approximate surface area is 106 Å². The van der Waals surface area contributed by atoms with Gasteiger partial charge in [0.15, 0.2) is 0 Å². The highest BCUT2D eigenvalue weighted by Gasteiger charge is 2.05. The number of ether oxygens (including phenoxy) is 3. The molecule has 1 rings (SSSR count). The molecule has 1 aromatic rings. The number of methoxy groups -OCH3 is 2. The first kappa shape index (κ1) is 13.9. The summed E-state index contributed by atoms with van der Waals surface area (Å²) in [7, 11) is 3.13. The van der Waals surface area contributed by atoms with Crippen molar-refractivity contribution in [1.29, 1.82) is 0 Å². The highest BCUT2D eigenvalue weighted by molar-refractivity contribution is 5.67. The van der Waals surface area contributed by atoms with E-state index in [1.165, 1.54) is 0 Å². The minimum atomic E-state index is -0.489. The molecule has 0 aromatic heterocycles. The van der Waals surface area contributed by atoms with Crippen molar-refractivity contribution >= 4 is 6.09 Å². The standard InChI is InChI=1S/C13H17NO4/c1-4-5-14-13(15)18-9-10-6-11(16-2)8-12(7-10)17-3/h4,6-8H,1,5,9H2,2-3H3,(H,14,15). The first-order valence-electron chi connectivity index (χ1n) is 5.43. The fourth-order valence-electron chi connectivity index (χ4n) is 1.31. The van der Waals surface area contributed by atoms with Crippen molar-refractivity contribution in [2.24, 2.45) is 0 Å². The predicted molar refractivity (Wildman–Crippen MR) is 67.9 cm³/mol. The third-order valence-corrected chi connectivity index (χ3v) is 2.17. The summed E-state index contributed by atoms with van der Waals surface area (Å²) < 4.78 is 15.3. The van der Waals surface area contributed by atoms with Crippen molar-refractivity contribution in [2.45, 2.75) is 6.61 Å². The highest BCUT2D eigenvalue weighted by atomic mass is 16.5. The van der Waals surface area contributed by atoms with E-state index in [9.17, 15) is 4.79 Å². The third-order valence-electron chi connectivity index (χ3n) is 2.17. The van der Waals surface area contributed by atoms with Crippen LogP contribution in [0.3, 0.4) is 0 Å². The zero-order valence-corrected chi connectivity index (χ0v) is 10.6. The zero-order valence-electron chi connectivity index (χ0n) is 10.6. The van der Waals surface area contributed by atoms with Crippen LogP contribution in [0.2, 0.25) is 0 Å². The molecule has 0 radical (unpaired) electrons. The van der Waals surface area contributed by atoms with E-state index in [-0.39, 0.29) is 6.61 Å². The summed E-state index contributed by atoms with van der Waals surface area (Å²) >= 11 is 0. The molecule has 0 heterocycles. The molecule has 0 aliphatic carbocycles. The number of hydrogen-bond acceptors (Lipinski definition) is 4. The van der Waals surface area contributed by atoms with Gasteiger partial charge in [0.25, 0.3) is 0 Å². The van der Waals surface area contributed by atoms with E-state index in [2.05, 4.69) is 11.9 Å². The minimum Gasteiger partial charge on any atom is -0.497 e. The van der Waals surface area contributed by atoms with Gasteiger partial charge >= 0.3 is 6.09 Å². The number of alkyl carbamates (subject to hydrolysis) is 1. The molecular weight excluding hydrogens is 234 g/mol. The molecule has 0 saturated carbocycles. The molecule has 1 N–H and O–H groups in total. The Morgan fingerprint density at radius 1 is 1.28 bits per heavy atom. The van der Waals surface area contributed by atoms with Crippen LogP contribution in [0.4, 0.5) is 4.79 Å². The van der Waals surface area contributed by atoms with Crippen LogP contribution < -0.4 is 14.8 Å². The molecule has 0 aliphatic heterocycles. The van der Waals surface area contributed by atoms with E-state index in [0.29, 0.717) is 18.0 Å². The maximum Gasteiger partial charge on any atom is 0.407 e. The topological polar surface area (TPSA) is 56.8 Å². The van der Waals surface area contributed by atoms with Crippen LogP contribution in [0.25, 0.3) is 0 Å². The molecule has 0 spiro atoms. The Kier molecular flexibility index (Phi) is 5.57. The second-order valence-electron chi connectivity index (χ2n) is 3.47. The van der Waals surface area contributed by atoms with Gasteiger partial charge in [0.05, 0.1) is 14.2 Å². The number of hydrogen-bond donors (Lipinski definition) is 1. The molecule has 0 aliphatic rings. The SMILES string of the molecule is C=CCNC(=O)OCc1cc(OC)cc(OC)c1. The average Bonchev–Trinajstić information content (AvgIpc) is 2.42. The van der Waals surface area contributed by atoms with Crippen LogP contribution in [0, 0.1) is 0 Å². The average molecular weight is 251 g/mol. The van der Waals surface area contributed by atoms with Crippen LogP contribution in [-0.2, 0) is 11.3 Å². The highest BCUT2D eigenvalue weighted by Crippen LogP contribution is 2.22. The summed E-state index contributed by atoms with van der Waals surface area (Å²) in [6, 6.07) is 5.31. The van der Waals surface area contributed by atoms with E-state index in [1.54, 1.807) is 38.5 Å². The fourth-order valence-corrected chi connectivity index (χ4v) is 1.31. The first-order chi connectivity index (χ1) is 8.69. The molecule has 18 heavy (non-hydrogen) atoms. The van der Waals surface area contributed by atoms with Gasteiger partial charge in [0, 0.05) is 12.6 Å². The van der Waals surface area contributed by atoms with Crippen molar-refractivity contribution in [3.63, 3.8) is 0 Å². The van der Waals surface area contributed by atoms with Gasteiger partial charge in [-0.1, -0.05) is 6.08 Å². The normalized spacial score (nSPS) is 9.44. The molecule has 98 valence electrons. The Hall–Kier alpha value is -2.17. The van der Waals surface area contributed by atoms with Crippen LogP contribution in [0.15, 0.2) is 30.9 Å². The number of rotatable bonds is 6. The van der Waals surface area contributed by atoms with E-state index in [0.717, 1.165) is 5.56 Å². The van der Waals surface area contributed by atoms with E-state index in [1.807, 2.05) is 0 Å². The van der Waals surface area contributed by atoms with Gasteiger partial charge in [-0.2, -0.15) is 0 Å². The fraction of sp³-hybridized carbons (Fsp3) is 0.308. The maximum atomic E-state index is 11.2. The lowest BCUT2D eigenvalue weighted by atomic mass is 10.2. The van der Waals surface area contributed by atoms with Crippen LogP contribution >= 0.6 is 0 Å². The van der Waals surface area contributed by atoms with E-state index >= 15 is 0 Å². The van der Waals surface area contributed by atoms with Gasteiger partial charge in [-0.05, 0) is 17.7 Å². The Morgan fingerprint density at radius 3 is 2.39 bits per heavy atom. The Balaban J connectivity index is 2.60. The molecule has 5 heteroatoms. The van der Waals surface area contributed by atoms with Crippen molar-refractivity contribution in [3.8, 4) is 11.5 Å². The molecule has 0 atom stereocenters. The lowest BCUT2D eigenvalue weighted by Crippen LogP contribution is -2.23. The minimum absolute atomic E-state index is 0.149. The summed E-state index contributed by atoms with van der Waals surface area (Å²) in [6.07, 6.45) is 1.09. The number of benzene rings is 1. The lowest BCUT2D eigenvalue weighted by Gasteiger charge is -2.09. The molecular formula is C13H17NO4. The number of amides is 1. The summed E-state index contributed by atoms with van der Waals surface area (Å²) in [4.78, 5) is 11.2. The largest absolute Gasteiger partial charge is 0.497 e. The second kappa shape index (κ2) is 7.21. The van der Waals surface area contributed by atoms with Crippen LogP contribution in [-0.4, -0.2) is 26.9 Å². The molecule has 1 aromatic carbocycles. The summed E-state index contributed by atoms with van der Waals surface area (Å²) in [5.74, 6) is 1.30. The lowest BCUT2D eigenvalue weighted by molar-refractivity contribution is 0.140. The number of nitrogens with one attached hydrogen (secondary N) is 1. The van der Waals surface area contributed by atoms with Crippen molar-refractivity contribution in [3.05, 3.63) is 36.4 Å². The molecule has 5 nitrogen and oxygen atoms in total. The quantitative estimate of drug-likeness (QED) is 0.787. The number of carbonyl (C=O) groups excluding carboxylic acids is 1. The van der Waals surface area contributed by atoms with Gasteiger partial charge in [-0.3, -0.25) is 0 Å². The summed E-state index contributed by atoms with van der Waals surface area (Å²) in [5, 5.41) is 2.52. The van der Waals surface area contributed by atoms with Crippen LogP contribution in [0.1, 0.15) is 5.56 Å². The molecule has 0 bridgehead atoms.